The molecule has 0 saturated carbocycles. The van der Waals surface area contributed by atoms with Crippen molar-refractivity contribution in [1.82, 2.24) is 19.5 Å². The van der Waals surface area contributed by atoms with E-state index in [2.05, 4.69) is 22.1 Å². The van der Waals surface area contributed by atoms with Crippen LogP contribution in [0.4, 0.5) is 5.95 Å². The Morgan fingerprint density at radius 2 is 1.65 bits per heavy atom. The van der Waals surface area contributed by atoms with E-state index in [1.54, 1.807) is 28.6 Å². The Hall–Kier alpha value is -2.06. The molecule has 0 atom stereocenters. The predicted octanol–water partition coefficient (Wildman–Crippen LogP) is 1.90. The van der Waals surface area contributed by atoms with Gasteiger partial charge in [-0.25, -0.2) is 13.4 Å². The van der Waals surface area contributed by atoms with Gasteiger partial charge < -0.3 is 4.90 Å². The van der Waals surface area contributed by atoms with Gasteiger partial charge in [-0.05, 0) is 31.4 Å². The summed E-state index contributed by atoms with van der Waals surface area (Å²) in [7, 11) is -3.46. The standard InChI is InChI=1S/C18H25N5O2S/c1-3-16-17(4-2)20-21-18(19-16)22-11-8-12-23(14-13-22)26(24,25)15-9-6-5-7-10-15/h5-7,9-10H,3-4,8,11-14H2,1-2H3. The summed E-state index contributed by atoms with van der Waals surface area (Å²) < 4.78 is 27.2. The zero-order valence-electron chi connectivity index (χ0n) is 15.3. The first-order chi connectivity index (χ1) is 12.6. The number of hydrogen-bond acceptors (Lipinski definition) is 6. The molecule has 8 heteroatoms. The summed E-state index contributed by atoms with van der Waals surface area (Å²) in [5.41, 5.74) is 1.90. The van der Waals surface area contributed by atoms with Crippen LogP contribution in [0.25, 0.3) is 0 Å². The lowest BCUT2D eigenvalue weighted by molar-refractivity contribution is 0.433. The second kappa shape index (κ2) is 8.09. The maximum atomic E-state index is 12.8. The maximum absolute atomic E-state index is 12.8. The highest BCUT2D eigenvalue weighted by atomic mass is 32.2. The van der Waals surface area contributed by atoms with Crippen LogP contribution in [0.2, 0.25) is 0 Å². The van der Waals surface area contributed by atoms with Crippen molar-refractivity contribution in [3.8, 4) is 0 Å². The van der Waals surface area contributed by atoms with Gasteiger partial charge in [-0.15, -0.1) is 5.10 Å². The van der Waals surface area contributed by atoms with Crippen molar-refractivity contribution in [3.05, 3.63) is 41.7 Å². The molecule has 0 amide bonds. The average molecular weight is 375 g/mol. The third kappa shape index (κ3) is 3.86. The fourth-order valence-electron chi connectivity index (χ4n) is 3.14. The monoisotopic (exact) mass is 375 g/mol. The first-order valence-corrected chi connectivity index (χ1v) is 10.5. The number of sulfonamides is 1. The highest BCUT2D eigenvalue weighted by Crippen LogP contribution is 2.19. The van der Waals surface area contributed by atoms with Crippen LogP contribution >= 0.6 is 0 Å². The largest absolute Gasteiger partial charge is 0.338 e. The fraction of sp³-hybridized carbons (Fsp3) is 0.500. The van der Waals surface area contributed by atoms with E-state index in [1.807, 2.05) is 17.9 Å². The fourth-order valence-corrected chi connectivity index (χ4v) is 4.63. The third-order valence-electron chi connectivity index (χ3n) is 4.62. The summed E-state index contributed by atoms with van der Waals surface area (Å²) in [5, 5.41) is 8.57. The smallest absolute Gasteiger partial charge is 0.245 e. The Bertz CT molecular complexity index is 842. The average Bonchev–Trinajstić information content (AvgIpc) is 2.95. The van der Waals surface area contributed by atoms with Crippen molar-refractivity contribution < 1.29 is 8.42 Å². The molecule has 0 aliphatic carbocycles. The van der Waals surface area contributed by atoms with Gasteiger partial charge in [0.05, 0.1) is 16.3 Å². The summed E-state index contributed by atoms with van der Waals surface area (Å²) in [4.78, 5) is 7.03. The minimum Gasteiger partial charge on any atom is -0.338 e. The molecule has 1 saturated heterocycles. The third-order valence-corrected chi connectivity index (χ3v) is 6.53. The minimum absolute atomic E-state index is 0.340. The molecule has 1 aliphatic rings. The number of rotatable bonds is 5. The molecule has 2 aromatic rings. The van der Waals surface area contributed by atoms with Gasteiger partial charge in [0.25, 0.3) is 0 Å². The molecule has 0 unspecified atom stereocenters. The Kier molecular flexibility index (Phi) is 5.83. The van der Waals surface area contributed by atoms with E-state index < -0.39 is 10.0 Å². The summed E-state index contributed by atoms with van der Waals surface area (Å²) in [6, 6.07) is 8.60. The number of aryl methyl sites for hydroxylation is 2. The van der Waals surface area contributed by atoms with Gasteiger partial charge in [0.15, 0.2) is 0 Å². The number of aromatic nitrogens is 3. The Labute approximate surface area is 155 Å². The highest BCUT2D eigenvalue weighted by Gasteiger charge is 2.27. The zero-order chi connectivity index (χ0) is 18.6. The molecule has 0 bridgehead atoms. The van der Waals surface area contributed by atoms with E-state index in [1.165, 1.54) is 0 Å². The van der Waals surface area contributed by atoms with Crippen LogP contribution in [-0.2, 0) is 22.9 Å². The zero-order valence-corrected chi connectivity index (χ0v) is 16.1. The van der Waals surface area contributed by atoms with Crippen LogP contribution < -0.4 is 4.90 Å². The van der Waals surface area contributed by atoms with E-state index in [9.17, 15) is 8.42 Å². The second-order valence-electron chi connectivity index (χ2n) is 6.27. The number of benzene rings is 1. The summed E-state index contributed by atoms with van der Waals surface area (Å²) >= 11 is 0. The normalized spacial score (nSPS) is 16.5. The molecular weight excluding hydrogens is 350 g/mol. The van der Waals surface area contributed by atoms with E-state index in [-0.39, 0.29) is 0 Å². The van der Waals surface area contributed by atoms with E-state index in [0.29, 0.717) is 30.5 Å². The van der Waals surface area contributed by atoms with Crippen molar-refractivity contribution in [2.45, 2.75) is 38.0 Å². The molecule has 0 N–H and O–H groups in total. The lowest BCUT2D eigenvalue weighted by atomic mass is 10.2. The number of anilines is 1. The first kappa shape index (κ1) is 18.7. The van der Waals surface area contributed by atoms with Crippen LogP contribution in [0, 0.1) is 0 Å². The molecule has 1 aromatic heterocycles. The van der Waals surface area contributed by atoms with Crippen LogP contribution in [0.5, 0.6) is 0 Å². The molecule has 140 valence electrons. The van der Waals surface area contributed by atoms with Crippen LogP contribution in [0.15, 0.2) is 35.2 Å². The van der Waals surface area contributed by atoms with Gasteiger partial charge in [0.1, 0.15) is 0 Å². The predicted molar refractivity (Wildman–Crippen MR) is 101 cm³/mol. The quantitative estimate of drug-likeness (QED) is 0.794. The molecule has 1 aliphatic heterocycles. The molecular formula is C18H25N5O2S. The minimum atomic E-state index is -3.46. The SMILES string of the molecule is CCc1nnc(N2CCCN(S(=O)(=O)c3ccccc3)CC2)nc1CC. The Morgan fingerprint density at radius 1 is 0.923 bits per heavy atom. The Balaban J connectivity index is 1.77. The van der Waals surface area contributed by atoms with Gasteiger partial charge >= 0.3 is 0 Å². The first-order valence-electron chi connectivity index (χ1n) is 9.08. The molecule has 1 aromatic carbocycles. The molecule has 7 nitrogen and oxygen atoms in total. The number of hydrogen-bond donors (Lipinski definition) is 0. The highest BCUT2D eigenvalue weighted by molar-refractivity contribution is 7.89. The topological polar surface area (TPSA) is 79.3 Å². The lowest BCUT2D eigenvalue weighted by Gasteiger charge is -2.22. The Morgan fingerprint density at radius 3 is 2.35 bits per heavy atom. The molecule has 2 heterocycles. The number of nitrogens with zero attached hydrogens (tertiary/aromatic N) is 5. The van der Waals surface area contributed by atoms with E-state index in [4.69, 9.17) is 0 Å². The van der Waals surface area contributed by atoms with E-state index in [0.717, 1.165) is 37.2 Å². The van der Waals surface area contributed by atoms with Crippen molar-refractivity contribution in [3.63, 3.8) is 0 Å². The molecule has 0 spiro atoms. The molecule has 1 fully saturated rings. The van der Waals surface area contributed by atoms with Crippen molar-refractivity contribution in [2.24, 2.45) is 0 Å². The van der Waals surface area contributed by atoms with Gasteiger partial charge in [0.2, 0.25) is 16.0 Å². The van der Waals surface area contributed by atoms with Gasteiger partial charge in [-0.3, -0.25) is 0 Å². The summed E-state index contributed by atoms with van der Waals surface area (Å²) in [6.45, 7) is 6.29. The molecule has 0 radical (unpaired) electrons. The summed E-state index contributed by atoms with van der Waals surface area (Å²) in [5.74, 6) is 0.595. The van der Waals surface area contributed by atoms with Crippen LogP contribution in [0.1, 0.15) is 31.7 Å². The van der Waals surface area contributed by atoms with Gasteiger partial charge in [-0.1, -0.05) is 32.0 Å². The molecule has 26 heavy (non-hydrogen) atoms. The maximum Gasteiger partial charge on any atom is 0.245 e. The van der Waals surface area contributed by atoms with Gasteiger partial charge in [-0.2, -0.15) is 9.40 Å². The summed E-state index contributed by atoms with van der Waals surface area (Å²) in [6.07, 6.45) is 2.35. The lowest BCUT2D eigenvalue weighted by Crippen LogP contribution is -2.35. The van der Waals surface area contributed by atoms with Crippen LogP contribution in [-0.4, -0.2) is 54.1 Å². The van der Waals surface area contributed by atoms with Gasteiger partial charge in [0, 0.05) is 26.2 Å². The van der Waals surface area contributed by atoms with Crippen LogP contribution in [0.3, 0.4) is 0 Å². The van der Waals surface area contributed by atoms with Crippen molar-refractivity contribution in [2.75, 3.05) is 31.1 Å². The van der Waals surface area contributed by atoms with E-state index >= 15 is 0 Å². The second-order valence-corrected chi connectivity index (χ2v) is 8.21. The van der Waals surface area contributed by atoms with Crippen molar-refractivity contribution >= 4 is 16.0 Å². The van der Waals surface area contributed by atoms with Crippen molar-refractivity contribution in [1.29, 1.82) is 0 Å². The molecule has 3 rings (SSSR count).